The van der Waals surface area contributed by atoms with Gasteiger partial charge in [-0.25, -0.2) is 0 Å². The van der Waals surface area contributed by atoms with Gasteiger partial charge in [0.2, 0.25) is 5.91 Å². The van der Waals surface area contributed by atoms with Crippen LogP contribution in [0.5, 0.6) is 0 Å². The topological polar surface area (TPSA) is 52.6 Å². The van der Waals surface area contributed by atoms with Crippen molar-refractivity contribution >= 4 is 5.91 Å². The van der Waals surface area contributed by atoms with Crippen LogP contribution in [0.2, 0.25) is 0 Å². The monoisotopic (exact) mass is 248 g/mol. The Morgan fingerprint density at radius 1 is 1.56 bits per heavy atom. The van der Waals surface area contributed by atoms with E-state index in [2.05, 4.69) is 11.4 Å². The number of hydrogen-bond acceptors (Lipinski definition) is 3. The molecule has 0 bridgehead atoms. The lowest BCUT2D eigenvalue weighted by Gasteiger charge is -2.21. The Bertz CT molecular complexity index is 434. The summed E-state index contributed by atoms with van der Waals surface area (Å²) in [5, 5.41) is 12.5. The average molecular weight is 248 g/mol. The number of nitrogens with zero attached hydrogens (tertiary/aromatic N) is 1. The molecule has 0 aromatic heterocycles. The van der Waals surface area contributed by atoms with Crippen molar-refractivity contribution in [2.24, 2.45) is 0 Å². The summed E-state index contributed by atoms with van der Waals surface area (Å²) in [7, 11) is 1.80. The number of hydrogen-bond donors (Lipinski definition) is 2. The van der Waals surface area contributed by atoms with Crippen LogP contribution in [0.1, 0.15) is 17.5 Å². The lowest BCUT2D eigenvalue weighted by molar-refractivity contribution is -0.132. The van der Waals surface area contributed by atoms with Gasteiger partial charge in [0, 0.05) is 20.1 Å². The maximum absolute atomic E-state index is 12.1. The van der Waals surface area contributed by atoms with Gasteiger partial charge in [-0.3, -0.25) is 4.79 Å². The number of nitrogens with one attached hydrogen (secondary N) is 1. The fraction of sp³-hybridized carbons (Fsp3) is 0.500. The van der Waals surface area contributed by atoms with E-state index in [0.29, 0.717) is 19.5 Å². The summed E-state index contributed by atoms with van der Waals surface area (Å²) in [5.41, 5.74) is 2.33. The van der Waals surface area contributed by atoms with Gasteiger partial charge in [0.1, 0.15) is 0 Å². The zero-order chi connectivity index (χ0) is 13.1. The van der Waals surface area contributed by atoms with E-state index < -0.39 is 6.10 Å². The summed E-state index contributed by atoms with van der Waals surface area (Å²) in [6, 6.07) is 7.91. The highest BCUT2D eigenvalue weighted by Gasteiger charge is 2.29. The molecule has 4 heteroatoms. The number of likely N-dealkylation sites (N-methyl/N-ethyl adjacent to an activating group) is 1. The summed E-state index contributed by atoms with van der Waals surface area (Å²) in [6.07, 6.45) is 0.114. The number of aliphatic hydroxyl groups is 1. The third-order valence-corrected chi connectivity index (χ3v) is 3.28. The fourth-order valence-corrected chi connectivity index (χ4v) is 2.33. The second-order valence-corrected chi connectivity index (χ2v) is 5.03. The third kappa shape index (κ3) is 3.09. The van der Waals surface area contributed by atoms with Gasteiger partial charge in [-0.1, -0.05) is 29.8 Å². The van der Waals surface area contributed by atoms with Crippen LogP contribution in [0.3, 0.4) is 0 Å². The second-order valence-electron chi connectivity index (χ2n) is 5.03. The summed E-state index contributed by atoms with van der Waals surface area (Å²) in [6.45, 7) is 3.16. The summed E-state index contributed by atoms with van der Waals surface area (Å²) in [4.78, 5) is 13.8. The Labute approximate surface area is 108 Å². The second kappa shape index (κ2) is 5.50. The van der Waals surface area contributed by atoms with Crippen molar-refractivity contribution in [2.45, 2.75) is 32.0 Å². The molecule has 4 nitrogen and oxygen atoms in total. The van der Waals surface area contributed by atoms with Crippen LogP contribution in [-0.4, -0.2) is 41.7 Å². The largest absolute Gasteiger partial charge is 0.392 e. The molecule has 1 heterocycles. The first-order valence-corrected chi connectivity index (χ1v) is 6.28. The molecular weight excluding hydrogens is 228 g/mol. The normalized spacial score (nSPS) is 23.1. The molecule has 1 aromatic rings. The van der Waals surface area contributed by atoms with Gasteiger partial charge in [-0.05, 0) is 18.9 Å². The molecule has 1 fully saturated rings. The zero-order valence-corrected chi connectivity index (χ0v) is 10.9. The predicted octanol–water partition coefficient (Wildman–Crippen LogP) is 0.676. The SMILES string of the molecule is Cc1cccc(CN(C)C(=O)C2CC(O)CN2)c1. The minimum atomic E-state index is -0.397. The Morgan fingerprint density at radius 3 is 2.94 bits per heavy atom. The lowest BCUT2D eigenvalue weighted by Crippen LogP contribution is -2.41. The molecule has 0 radical (unpaired) electrons. The van der Waals surface area contributed by atoms with Crippen LogP contribution >= 0.6 is 0 Å². The van der Waals surface area contributed by atoms with Crippen LogP contribution in [-0.2, 0) is 11.3 Å². The number of carbonyl (C=O) groups excluding carboxylic acids is 1. The standard InChI is InChI=1S/C14H20N2O2/c1-10-4-3-5-11(6-10)9-16(2)14(18)13-7-12(17)8-15-13/h3-6,12-13,15,17H,7-9H2,1-2H3. The van der Waals surface area contributed by atoms with Gasteiger partial charge >= 0.3 is 0 Å². The van der Waals surface area contributed by atoms with Crippen LogP contribution in [0.25, 0.3) is 0 Å². The Balaban J connectivity index is 1.95. The van der Waals surface area contributed by atoms with Crippen LogP contribution < -0.4 is 5.32 Å². The maximum Gasteiger partial charge on any atom is 0.239 e. The van der Waals surface area contributed by atoms with Crippen LogP contribution in [0, 0.1) is 6.92 Å². The van der Waals surface area contributed by atoms with E-state index in [-0.39, 0.29) is 11.9 Å². The van der Waals surface area contributed by atoms with Crippen LogP contribution in [0.15, 0.2) is 24.3 Å². The van der Waals surface area contributed by atoms with Crippen molar-refractivity contribution in [1.82, 2.24) is 10.2 Å². The first-order chi connectivity index (χ1) is 8.56. The molecule has 1 amide bonds. The summed E-state index contributed by atoms with van der Waals surface area (Å²) < 4.78 is 0. The summed E-state index contributed by atoms with van der Waals surface area (Å²) >= 11 is 0. The molecule has 1 saturated heterocycles. The van der Waals surface area contributed by atoms with Crippen molar-refractivity contribution < 1.29 is 9.90 Å². The molecule has 1 aromatic carbocycles. The number of β-amino-alcohol motifs (C(OH)–C–C–N with tert-alkyl or cyclic N) is 1. The molecule has 1 aliphatic heterocycles. The number of carbonyl (C=O) groups is 1. The molecule has 18 heavy (non-hydrogen) atoms. The smallest absolute Gasteiger partial charge is 0.239 e. The Morgan fingerprint density at radius 2 is 2.33 bits per heavy atom. The highest BCUT2D eigenvalue weighted by atomic mass is 16.3. The van der Waals surface area contributed by atoms with E-state index in [0.717, 1.165) is 5.56 Å². The fourth-order valence-electron chi connectivity index (χ4n) is 2.33. The number of rotatable bonds is 3. The third-order valence-electron chi connectivity index (χ3n) is 3.28. The molecule has 0 saturated carbocycles. The van der Waals surface area contributed by atoms with Gasteiger partial charge < -0.3 is 15.3 Å². The quantitative estimate of drug-likeness (QED) is 0.827. The van der Waals surface area contributed by atoms with Crippen molar-refractivity contribution in [3.63, 3.8) is 0 Å². The van der Waals surface area contributed by atoms with Gasteiger partial charge in [0.15, 0.2) is 0 Å². The van der Waals surface area contributed by atoms with E-state index in [9.17, 15) is 9.90 Å². The Hall–Kier alpha value is -1.39. The summed E-state index contributed by atoms with van der Waals surface area (Å²) in [5.74, 6) is 0.0491. The minimum Gasteiger partial charge on any atom is -0.392 e. The van der Waals surface area contributed by atoms with E-state index in [1.54, 1.807) is 11.9 Å². The molecule has 98 valence electrons. The van der Waals surface area contributed by atoms with Gasteiger partial charge in [0.05, 0.1) is 12.1 Å². The Kier molecular flexibility index (Phi) is 3.99. The molecule has 0 spiro atoms. The molecule has 2 rings (SSSR count). The predicted molar refractivity (Wildman–Crippen MR) is 70.1 cm³/mol. The number of aliphatic hydroxyl groups excluding tert-OH is 1. The highest BCUT2D eigenvalue weighted by Crippen LogP contribution is 2.12. The molecule has 2 N–H and O–H groups in total. The van der Waals surface area contributed by atoms with Crippen molar-refractivity contribution in [3.8, 4) is 0 Å². The van der Waals surface area contributed by atoms with E-state index >= 15 is 0 Å². The van der Waals surface area contributed by atoms with E-state index in [1.807, 2.05) is 25.1 Å². The van der Waals surface area contributed by atoms with E-state index in [4.69, 9.17) is 0 Å². The van der Waals surface area contributed by atoms with E-state index in [1.165, 1.54) is 5.56 Å². The number of benzene rings is 1. The number of amides is 1. The molecule has 1 aliphatic rings. The van der Waals surface area contributed by atoms with Crippen molar-refractivity contribution in [3.05, 3.63) is 35.4 Å². The first kappa shape index (κ1) is 13.1. The van der Waals surface area contributed by atoms with Gasteiger partial charge in [-0.15, -0.1) is 0 Å². The van der Waals surface area contributed by atoms with Gasteiger partial charge in [-0.2, -0.15) is 0 Å². The molecule has 2 unspecified atom stereocenters. The van der Waals surface area contributed by atoms with Crippen LogP contribution in [0.4, 0.5) is 0 Å². The minimum absolute atomic E-state index is 0.0491. The first-order valence-electron chi connectivity index (χ1n) is 6.28. The van der Waals surface area contributed by atoms with Gasteiger partial charge in [0.25, 0.3) is 0 Å². The number of aryl methyl sites for hydroxylation is 1. The maximum atomic E-state index is 12.1. The molecule has 0 aliphatic carbocycles. The average Bonchev–Trinajstić information content (AvgIpc) is 2.75. The van der Waals surface area contributed by atoms with Crippen molar-refractivity contribution in [2.75, 3.05) is 13.6 Å². The highest BCUT2D eigenvalue weighted by molar-refractivity contribution is 5.82. The lowest BCUT2D eigenvalue weighted by atomic mass is 10.1. The van der Waals surface area contributed by atoms with Crippen molar-refractivity contribution in [1.29, 1.82) is 0 Å². The molecule has 2 atom stereocenters. The molecular formula is C14H20N2O2. The zero-order valence-electron chi connectivity index (χ0n) is 10.9.